The van der Waals surface area contributed by atoms with Crippen molar-refractivity contribution < 1.29 is 41.8 Å². The number of nitrogens with zero attached hydrogens (tertiary/aromatic N) is 2. The van der Waals surface area contributed by atoms with Gasteiger partial charge >= 0.3 is 18.2 Å². The van der Waals surface area contributed by atoms with Crippen LogP contribution in [0.15, 0.2) is 36.4 Å². The summed E-state index contributed by atoms with van der Waals surface area (Å²) in [4.78, 5) is 40.8. The Morgan fingerprint density at radius 2 is 1.77 bits per heavy atom. The number of carbonyl (C=O) groups excluding carboxylic acids is 3. The zero-order valence-electron chi connectivity index (χ0n) is 25.3. The van der Waals surface area contributed by atoms with Gasteiger partial charge in [-0.05, 0) is 93.3 Å². The summed E-state index contributed by atoms with van der Waals surface area (Å²) in [7, 11) is 0. The van der Waals surface area contributed by atoms with Crippen molar-refractivity contribution in [3.8, 4) is 5.75 Å². The molecule has 0 N–H and O–H groups in total. The standard InChI is InChI=1S/C32H39F3N2O6/c1-6-41-28(39)12-15-36(29(40)43-30(2,3)4)19-27(38)37-16-11-22-18-23(8-10-26(22)37)42-20-21-7-9-24(31(5)13-14-31)25(17-21)32(33,34)35/h7-10,17-18H,6,11-16,19-20H2,1-5H3. The topological polar surface area (TPSA) is 85.4 Å². The van der Waals surface area contributed by atoms with Crippen molar-refractivity contribution >= 4 is 23.7 Å². The normalized spacial score (nSPS) is 15.5. The summed E-state index contributed by atoms with van der Waals surface area (Å²) >= 11 is 0. The molecule has 2 aliphatic rings. The van der Waals surface area contributed by atoms with Gasteiger partial charge in [0.1, 0.15) is 24.5 Å². The Bertz CT molecular complexity index is 1360. The molecule has 43 heavy (non-hydrogen) atoms. The van der Waals surface area contributed by atoms with E-state index in [0.29, 0.717) is 35.5 Å². The second-order valence-corrected chi connectivity index (χ2v) is 12.3. The predicted molar refractivity (Wildman–Crippen MR) is 154 cm³/mol. The fourth-order valence-corrected chi connectivity index (χ4v) is 5.06. The highest BCUT2D eigenvalue weighted by atomic mass is 19.4. The summed E-state index contributed by atoms with van der Waals surface area (Å²) in [5.74, 6) is -0.346. The number of hydrogen-bond donors (Lipinski definition) is 0. The number of anilines is 1. The Morgan fingerprint density at radius 3 is 2.40 bits per heavy atom. The minimum Gasteiger partial charge on any atom is -0.489 e. The van der Waals surface area contributed by atoms with Crippen LogP contribution in [0.2, 0.25) is 0 Å². The van der Waals surface area contributed by atoms with Crippen LogP contribution in [-0.2, 0) is 43.7 Å². The van der Waals surface area contributed by atoms with Crippen LogP contribution in [0.5, 0.6) is 5.75 Å². The quantitative estimate of drug-likeness (QED) is 0.291. The third-order valence-electron chi connectivity index (χ3n) is 7.56. The number of benzene rings is 2. The predicted octanol–water partition coefficient (Wildman–Crippen LogP) is 6.42. The molecule has 4 rings (SSSR count). The second kappa shape index (κ2) is 12.5. The number of carbonyl (C=O) groups is 3. The van der Waals surface area contributed by atoms with Crippen LogP contribution in [0, 0.1) is 0 Å². The van der Waals surface area contributed by atoms with Gasteiger partial charge < -0.3 is 19.1 Å². The Labute approximate surface area is 250 Å². The van der Waals surface area contributed by atoms with Gasteiger partial charge in [0.15, 0.2) is 0 Å². The van der Waals surface area contributed by atoms with E-state index in [2.05, 4.69) is 0 Å². The maximum absolute atomic E-state index is 13.8. The highest BCUT2D eigenvalue weighted by molar-refractivity contribution is 5.98. The molecule has 234 valence electrons. The van der Waals surface area contributed by atoms with E-state index in [4.69, 9.17) is 14.2 Å². The molecule has 1 fully saturated rings. The number of halogens is 3. The van der Waals surface area contributed by atoms with E-state index in [9.17, 15) is 27.6 Å². The van der Waals surface area contributed by atoms with Crippen molar-refractivity contribution in [2.75, 3.05) is 31.1 Å². The number of fused-ring (bicyclic) bond motifs is 1. The lowest BCUT2D eigenvalue weighted by Crippen LogP contribution is -2.45. The number of rotatable bonds is 10. The van der Waals surface area contributed by atoms with Crippen LogP contribution in [0.4, 0.5) is 23.7 Å². The highest BCUT2D eigenvalue weighted by Gasteiger charge is 2.45. The molecule has 0 radical (unpaired) electrons. The van der Waals surface area contributed by atoms with Crippen molar-refractivity contribution in [2.24, 2.45) is 0 Å². The van der Waals surface area contributed by atoms with E-state index in [1.807, 2.05) is 6.92 Å². The van der Waals surface area contributed by atoms with E-state index in [0.717, 1.165) is 18.4 Å². The summed E-state index contributed by atoms with van der Waals surface area (Å²) in [5.41, 5.74) is 0.435. The van der Waals surface area contributed by atoms with Crippen LogP contribution in [-0.4, -0.2) is 54.7 Å². The van der Waals surface area contributed by atoms with Gasteiger partial charge in [0, 0.05) is 18.8 Å². The van der Waals surface area contributed by atoms with Crippen molar-refractivity contribution in [3.05, 3.63) is 58.7 Å². The monoisotopic (exact) mass is 604 g/mol. The molecular weight excluding hydrogens is 565 g/mol. The first kappa shape index (κ1) is 32.2. The molecule has 1 saturated carbocycles. The smallest absolute Gasteiger partial charge is 0.416 e. The lowest BCUT2D eigenvalue weighted by Gasteiger charge is -2.28. The molecule has 1 heterocycles. The van der Waals surface area contributed by atoms with Crippen LogP contribution >= 0.6 is 0 Å². The van der Waals surface area contributed by atoms with E-state index in [-0.39, 0.29) is 38.6 Å². The first-order chi connectivity index (χ1) is 20.1. The molecule has 0 saturated heterocycles. The fourth-order valence-electron chi connectivity index (χ4n) is 5.06. The van der Waals surface area contributed by atoms with E-state index in [1.54, 1.807) is 62.9 Å². The zero-order chi connectivity index (χ0) is 31.6. The van der Waals surface area contributed by atoms with E-state index >= 15 is 0 Å². The van der Waals surface area contributed by atoms with Crippen molar-refractivity contribution in [2.45, 2.75) is 84.1 Å². The number of hydrogen-bond acceptors (Lipinski definition) is 6. The third-order valence-corrected chi connectivity index (χ3v) is 7.56. The number of ether oxygens (including phenoxy) is 3. The minimum atomic E-state index is -4.45. The summed E-state index contributed by atoms with van der Waals surface area (Å²) < 4.78 is 57.6. The van der Waals surface area contributed by atoms with Crippen molar-refractivity contribution in [1.29, 1.82) is 0 Å². The average Bonchev–Trinajstić information content (AvgIpc) is 3.52. The molecule has 2 aromatic carbocycles. The van der Waals surface area contributed by atoms with Crippen molar-refractivity contribution in [1.82, 2.24) is 4.90 Å². The molecule has 0 unspecified atom stereocenters. The van der Waals surface area contributed by atoms with Crippen LogP contribution in [0.1, 0.15) is 76.1 Å². The van der Waals surface area contributed by atoms with Crippen LogP contribution < -0.4 is 9.64 Å². The molecule has 0 atom stereocenters. The van der Waals surface area contributed by atoms with Gasteiger partial charge in [-0.1, -0.05) is 19.1 Å². The summed E-state index contributed by atoms with van der Waals surface area (Å²) in [6.45, 7) is 8.91. The lowest BCUT2D eigenvalue weighted by atomic mass is 9.91. The van der Waals surface area contributed by atoms with Gasteiger partial charge in [-0.2, -0.15) is 13.2 Å². The number of esters is 1. The molecule has 0 bridgehead atoms. The fraction of sp³-hybridized carbons (Fsp3) is 0.531. The first-order valence-corrected chi connectivity index (χ1v) is 14.5. The molecule has 11 heteroatoms. The van der Waals surface area contributed by atoms with E-state index in [1.165, 1.54) is 11.0 Å². The van der Waals surface area contributed by atoms with Gasteiger partial charge in [-0.3, -0.25) is 14.5 Å². The summed E-state index contributed by atoms with van der Waals surface area (Å²) in [6, 6.07) is 9.59. The van der Waals surface area contributed by atoms with E-state index < -0.39 is 34.8 Å². The maximum Gasteiger partial charge on any atom is 0.416 e. The van der Waals surface area contributed by atoms with Gasteiger partial charge in [0.05, 0.1) is 18.6 Å². The largest absolute Gasteiger partial charge is 0.489 e. The third kappa shape index (κ3) is 8.20. The minimum absolute atomic E-state index is 0.0349. The molecule has 1 aliphatic carbocycles. The summed E-state index contributed by atoms with van der Waals surface area (Å²) in [6.07, 6.45) is -3.21. The zero-order valence-corrected chi connectivity index (χ0v) is 25.3. The van der Waals surface area contributed by atoms with Crippen LogP contribution in [0.25, 0.3) is 0 Å². The van der Waals surface area contributed by atoms with Gasteiger partial charge in [-0.25, -0.2) is 4.79 Å². The van der Waals surface area contributed by atoms with Gasteiger partial charge in [-0.15, -0.1) is 0 Å². The van der Waals surface area contributed by atoms with Crippen molar-refractivity contribution in [3.63, 3.8) is 0 Å². The molecule has 0 aromatic heterocycles. The molecular formula is C32H39F3N2O6. The Kier molecular flexibility index (Phi) is 9.32. The molecule has 1 aliphatic heterocycles. The maximum atomic E-state index is 13.8. The Balaban J connectivity index is 1.42. The Morgan fingerprint density at radius 1 is 1.05 bits per heavy atom. The SMILES string of the molecule is CCOC(=O)CCN(CC(=O)N1CCc2cc(OCc3ccc(C4(C)CC4)c(C(F)(F)F)c3)ccc21)C(=O)OC(C)(C)C. The summed E-state index contributed by atoms with van der Waals surface area (Å²) in [5, 5.41) is 0. The van der Waals surface area contributed by atoms with Gasteiger partial charge in [0.2, 0.25) is 5.91 Å². The highest BCUT2D eigenvalue weighted by Crippen LogP contribution is 2.51. The number of alkyl halides is 3. The first-order valence-electron chi connectivity index (χ1n) is 14.5. The molecule has 0 spiro atoms. The molecule has 2 aromatic rings. The average molecular weight is 605 g/mol. The van der Waals surface area contributed by atoms with Gasteiger partial charge in [0.25, 0.3) is 0 Å². The Hall–Kier alpha value is -3.76. The second-order valence-electron chi connectivity index (χ2n) is 12.3. The lowest BCUT2D eigenvalue weighted by molar-refractivity contribution is -0.143. The molecule has 8 nitrogen and oxygen atoms in total. The van der Waals surface area contributed by atoms with Crippen LogP contribution in [0.3, 0.4) is 0 Å². The molecule has 2 amide bonds. The number of amides is 2.